The second-order valence-electron chi connectivity index (χ2n) is 7.92. The topological polar surface area (TPSA) is 85.9 Å². The SMILES string of the molecule is COc1cc2ccccc2cc1C(=O)Nc1sc2c(c1C(N)=O)CC[NH+](C(C)C)C2. The molecule has 30 heavy (non-hydrogen) atoms. The van der Waals surface area contributed by atoms with Crippen LogP contribution >= 0.6 is 11.3 Å². The lowest BCUT2D eigenvalue weighted by Crippen LogP contribution is -3.14. The van der Waals surface area contributed by atoms with Crippen LogP contribution in [0.3, 0.4) is 0 Å². The van der Waals surface area contributed by atoms with E-state index in [-0.39, 0.29) is 5.91 Å². The maximum Gasteiger partial charge on any atom is 0.260 e. The predicted molar refractivity (Wildman–Crippen MR) is 120 cm³/mol. The second kappa shape index (κ2) is 8.08. The van der Waals surface area contributed by atoms with Crippen LogP contribution in [0.4, 0.5) is 5.00 Å². The number of primary amides is 1. The lowest BCUT2D eigenvalue weighted by atomic mass is 10.0. The van der Waals surface area contributed by atoms with Crippen molar-refractivity contribution in [1.29, 1.82) is 0 Å². The van der Waals surface area contributed by atoms with Crippen LogP contribution in [0.1, 0.15) is 45.0 Å². The smallest absolute Gasteiger partial charge is 0.260 e. The fraction of sp³-hybridized carbons (Fsp3) is 0.304. The molecule has 7 heteroatoms. The first-order valence-electron chi connectivity index (χ1n) is 10.1. The Kier molecular flexibility index (Phi) is 5.49. The standard InChI is InChI=1S/C23H25N3O3S/c1-13(2)26-9-8-16-19(12-26)30-23(20(16)21(24)27)25-22(28)17-10-14-6-4-5-7-15(14)11-18(17)29-3/h4-7,10-11,13H,8-9,12H2,1-3H3,(H2,24,27)(H,25,28)/p+1. The van der Waals surface area contributed by atoms with Crippen molar-refractivity contribution >= 4 is 38.9 Å². The van der Waals surface area contributed by atoms with Gasteiger partial charge in [0, 0.05) is 6.42 Å². The van der Waals surface area contributed by atoms with Gasteiger partial charge in [-0.05, 0) is 42.3 Å². The monoisotopic (exact) mass is 424 g/mol. The number of ether oxygens (including phenoxy) is 1. The maximum absolute atomic E-state index is 13.2. The molecule has 156 valence electrons. The number of thiophene rings is 1. The first-order chi connectivity index (χ1) is 14.4. The van der Waals surface area contributed by atoms with Crippen molar-refractivity contribution in [2.45, 2.75) is 32.9 Å². The van der Waals surface area contributed by atoms with E-state index in [0.717, 1.165) is 40.7 Å². The molecule has 1 aliphatic rings. The summed E-state index contributed by atoms with van der Waals surface area (Å²) in [5.74, 6) is -0.323. The number of benzene rings is 2. The molecule has 1 aliphatic heterocycles. The molecule has 4 N–H and O–H groups in total. The summed E-state index contributed by atoms with van der Waals surface area (Å²) in [4.78, 5) is 28.0. The molecule has 0 bridgehead atoms. The van der Waals surface area contributed by atoms with Gasteiger partial charge in [-0.1, -0.05) is 24.3 Å². The molecule has 1 aromatic heterocycles. The molecule has 2 heterocycles. The molecule has 2 amide bonds. The number of methoxy groups -OCH3 is 1. The molecule has 0 saturated heterocycles. The summed E-state index contributed by atoms with van der Waals surface area (Å²) in [5.41, 5.74) is 7.56. The minimum absolute atomic E-state index is 0.313. The van der Waals surface area contributed by atoms with E-state index in [1.54, 1.807) is 7.11 Å². The third-order valence-electron chi connectivity index (χ3n) is 5.78. The van der Waals surface area contributed by atoms with Gasteiger partial charge in [0.15, 0.2) is 0 Å². The Bertz CT molecular complexity index is 1140. The minimum atomic E-state index is -0.499. The molecule has 0 saturated carbocycles. The summed E-state index contributed by atoms with van der Waals surface area (Å²) in [6, 6.07) is 12.0. The summed E-state index contributed by atoms with van der Waals surface area (Å²) < 4.78 is 5.46. The Morgan fingerprint density at radius 3 is 2.53 bits per heavy atom. The highest BCUT2D eigenvalue weighted by atomic mass is 32.1. The molecule has 0 aliphatic carbocycles. The van der Waals surface area contributed by atoms with Gasteiger partial charge in [-0.3, -0.25) is 9.59 Å². The fourth-order valence-electron chi connectivity index (χ4n) is 4.08. The Morgan fingerprint density at radius 1 is 1.20 bits per heavy atom. The molecule has 1 atom stereocenters. The molecule has 0 fully saturated rings. The number of nitrogens with two attached hydrogens (primary N) is 1. The number of nitrogens with one attached hydrogen (secondary N) is 2. The van der Waals surface area contributed by atoms with Gasteiger partial charge < -0.3 is 20.7 Å². The number of hydrogen-bond donors (Lipinski definition) is 3. The van der Waals surface area contributed by atoms with Crippen molar-refractivity contribution in [2.75, 3.05) is 19.0 Å². The number of rotatable bonds is 5. The predicted octanol–water partition coefficient (Wildman–Crippen LogP) is 2.61. The Hall–Kier alpha value is -2.90. The number of anilines is 1. The summed E-state index contributed by atoms with van der Waals surface area (Å²) in [6.07, 6.45) is 0.785. The lowest BCUT2D eigenvalue weighted by Gasteiger charge is -2.27. The van der Waals surface area contributed by atoms with Crippen molar-refractivity contribution in [3.8, 4) is 5.75 Å². The van der Waals surface area contributed by atoms with Crippen LogP contribution in [0.15, 0.2) is 36.4 Å². The second-order valence-corrected chi connectivity index (χ2v) is 9.02. The number of carbonyl (C=O) groups excluding carboxylic acids is 2. The summed E-state index contributed by atoms with van der Waals surface area (Å²) in [6.45, 7) is 6.18. The van der Waals surface area contributed by atoms with Crippen LogP contribution in [0.5, 0.6) is 5.75 Å². The summed E-state index contributed by atoms with van der Waals surface area (Å²) in [7, 11) is 1.54. The van der Waals surface area contributed by atoms with Crippen LogP contribution in [-0.4, -0.2) is 31.5 Å². The number of amides is 2. The number of carbonyl (C=O) groups is 2. The molecule has 0 radical (unpaired) electrons. The minimum Gasteiger partial charge on any atom is -0.496 e. The highest BCUT2D eigenvalue weighted by Gasteiger charge is 2.31. The Balaban J connectivity index is 1.70. The molecule has 0 spiro atoms. The zero-order valence-electron chi connectivity index (χ0n) is 17.4. The quantitative estimate of drug-likeness (QED) is 0.589. The van der Waals surface area contributed by atoms with E-state index in [2.05, 4.69) is 19.2 Å². The number of hydrogen-bond acceptors (Lipinski definition) is 4. The van der Waals surface area contributed by atoms with E-state index in [1.165, 1.54) is 16.2 Å². The molecule has 3 aromatic rings. The molecule has 4 rings (SSSR count). The van der Waals surface area contributed by atoms with Crippen LogP contribution < -0.4 is 20.7 Å². The van der Waals surface area contributed by atoms with Gasteiger partial charge in [0.2, 0.25) is 0 Å². The highest BCUT2D eigenvalue weighted by Crippen LogP contribution is 2.35. The first kappa shape index (κ1) is 20.4. The van der Waals surface area contributed by atoms with Crippen LogP contribution in [0.25, 0.3) is 10.8 Å². The van der Waals surface area contributed by atoms with Gasteiger partial charge in [0.05, 0.1) is 35.7 Å². The summed E-state index contributed by atoms with van der Waals surface area (Å²) in [5, 5.41) is 5.40. The average molecular weight is 425 g/mol. The number of quaternary nitrogens is 1. The van der Waals surface area contributed by atoms with Gasteiger partial charge in [0.1, 0.15) is 17.3 Å². The maximum atomic E-state index is 13.2. The van der Waals surface area contributed by atoms with Gasteiger partial charge in [0.25, 0.3) is 11.8 Å². The van der Waals surface area contributed by atoms with Crippen molar-refractivity contribution in [3.05, 3.63) is 58.0 Å². The van der Waals surface area contributed by atoms with Gasteiger partial charge in [-0.15, -0.1) is 11.3 Å². The van der Waals surface area contributed by atoms with E-state index < -0.39 is 5.91 Å². The van der Waals surface area contributed by atoms with Gasteiger partial charge in [-0.25, -0.2) is 0 Å². The highest BCUT2D eigenvalue weighted by molar-refractivity contribution is 7.17. The molecule has 6 nitrogen and oxygen atoms in total. The van der Waals surface area contributed by atoms with E-state index in [0.29, 0.717) is 27.9 Å². The lowest BCUT2D eigenvalue weighted by molar-refractivity contribution is -0.936. The summed E-state index contributed by atoms with van der Waals surface area (Å²) >= 11 is 1.46. The van der Waals surface area contributed by atoms with E-state index in [1.807, 2.05) is 36.4 Å². The van der Waals surface area contributed by atoms with E-state index >= 15 is 0 Å². The average Bonchev–Trinajstić information content (AvgIpc) is 3.09. The molecule has 2 aromatic carbocycles. The van der Waals surface area contributed by atoms with Crippen molar-refractivity contribution < 1.29 is 19.2 Å². The van der Waals surface area contributed by atoms with Crippen LogP contribution in [0, 0.1) is 0 Å². The zero-order valence-corrected chi connectivity index (χ0v) is 18.2. The van der Waals surface area contributed by atoms with Crippen LogP contribution in [0.2, 0.25) is 0 Å². The van der Waals surface area contributed by atoms with Crippen LogP contribution in [-0.2, 0) is 13.0 Å². The third kappa shape index (κ3) is 3.66. The van der Waals surface area contributed by atoms with Crippen molar-refractivity contribution in [2.24, 2.45) is 5.73 Å². The Labute approximate surface area is 179 Å². The first-order valence-corrected chi connectivity index (χ1v) is 10.9. The largest absolute Gasteiger partial charge is 0.496 e. The van der Waals surface area contributed by atoms with Gasteiger partial charge in [-0.2, -0.15) is 0 Å². The zero-order chi connectivity index (χ0) is 21.4. The normalized spacial score (nSPS) is 15.8. The molecular formula is C23H26N3O3S+. The number of fused-ring (bicyclic) bond motifs is 2. The fourth-order valence-corrected chi connectivity index (χ4v) is 5.38. The van der Waals surface area contributed by atoms with E-state index in [9.17, 15) is 9.59 Å². The van der Waals surface area contributed by atoms with E-state index in [4.69, 9.17) is 10.5 Å². The van der Waals surface area contributed by atoms with Gasteiger partial charge >= 0.3 is 0 Å². The van der Waals surface area contributed by atoms with Crippen molar-refractivity contribution in [3.63, 3.8) is 0 Å². The molecule has 1 unspecified atom stereocenters. The Morgan fingerprint density at radius 2 is 1.90 bits per heavy atom. The van der Waals surface area contributed by atoms with Crippen molar-refractivity contribution in [1.82, 2.24) is 0 Å². The third-order valence-corrected chi connectivity index (χ3v) is 6.92. The molecular weight excluding hydrogens is 398 g/mol.